The molecule has 0 aromatic heterocycles. The molecule has 0 saturated carbocycles. The van der Waals surface area contributed by atoms with Crippen molar-refractivity contribution < 1.29 is 4.79 Å². The minimum atomic E-state index is 0.162. The molecule has 0 aliphatic carbocycles. The Bertz CT molecular complexity index is 553. The predicted molar refractivity (Wildman–Crippen MR) is 75.6 cm³/mol. The van der Waals surface area contributed by atoms with Crippen LogP contribution in [0.25, 0.3) is 6.08 Å². The van der Waals surface area contributed by atoms with Gasteiger partial charge in [0.15, 0.2) is 5.78 Å². The first kappa shape index (κ1) is 12.3. The van der Waals surface area contributed by atoms with Gasteiger partial charge in [-0.1, -0.05) is 66.7 Å². The van der Waals surface area contributed by atoms with Crippen molar-refractivity contribution in [2.45, 2.75) is 13.3 Å². The lowest BCUT2D eigenvalue weighted by Crippen LogP contribution is -2.05. The van der Waals surface area contributed by atoms with Crippen molar-refractivity contribution in [3.8, 4) is 0 Å². The molecule has 0 aliphatic rings. The lowest BCUT2D eigenvalue weighted by molar-refractivity contribution is 0.0993. The fourth-order valence-corrected chi connectivity index (χ4v) is 1.95. The number of carbonyl (C=O) groups is 1. The highest BCUT2D eigenvalue weighted by Gasteiger charge is 2.09. The summed E-state index contributed by atoms with van der Waals surface area (Å²) in [5.41, 5.74) is 2.83. The highest BCUT2D eigenvalue weighted by Crippen LogP contribution is 2.14. The minimum Gasteiger partial charge on any atom is -0.294 e. The first-order chi connectivity index (χ1) is 8.81. The van der Waals surface area contributed by atoms with Gasteiger partial charge in [-0.2, -0.15) is 0 Å². The summed E-state index contributed by atoms with van der Waals surface area (Å²) in [4.78, 5) is 12.3. The van der Waals surface area contributed by atoms with Gasteiger partial charge in [0.1, 0.15) is 0 Å². The van der Waals surface area contributed by atoms with Gasteiger partial charge in [0.05, 0.1) is 0 Å². The van der Waals surface area contributed by atoms with E-state index in [1.807, 2.05) is 73.7 Å². The van der Waals surface area contributed by atoms with E-state index in [-0.39, 0.29) is 5.78 Å². The maximum atomic E-state index is 12.3. The molecule has 2 aromatic rings. The SMILES string of the molecule is C/C=C/c1ccccc1C(=O)Cc1ccccc1. The molecular weight excluding hydrogens is 220 g/mol. The molecule has 0 spiro atoms. The molecule has 2 rings (SSSR count). The highest BCUT2D eigenvalue weighted by atomic mass is 16.1. The molecule has 0 N–H and O–H groups in total. The number of hydrogen-bond acceptors (Lipinski definition) is 1. The number of ketones is 1. The van der Waals surface area contributed by atoms with Gasteiger partial charge < -0.3 is 0 Å². The van der Waals surface area contributed by atoms with Gasteiger partial charge in [-0.25, -0.2) is 0 Å². The largest absolute Gasteiger partial charge is 0.294 e. The zero-order valence-corrected chi connectivity index (χ0v) is 10.5. The monoisotopic (exact) mass is 236 g/mol. The van der Waals surface area contributed by atoms with Crippen molar-refractivity contribution in [3.63, 3.8) is 0 Å². The third kappa shape index (κ3) is 2.95. The number of Topliss-reactive ketones (excluding diaryl/α,β-unsaturated/α-hetero) is 1. The fraction of sp³-hybridized carbons (Fsp3) is 0.118. The quantitative estimate of drug-likeness (QED) is 0.729. The number of rotatable bonds is 4. The van der Waals surface area contributed by atoms with Gasteiger partial charge in [-0.3, -0.25) is 4.79 Å². The number of benzene rings is 2. The smallest absolute Gasteiger partial charge is 0.167 e. The molecule has 0 radical (unpaired) electrons. The first-order valence-electron chi connectivity index (χ1n) is 6.10. The van der Waals surface area contributed by atoms with Gasteiger partial charge in [-0.05, 0) is 18.1 Å². The van der Waals surface area contributed by atoms with E-state index in [1.165, 1.54) is 0 Å². The van der Waals surface area contributed by atoms with Crippen LogP contribution < -0.4 is 0 Å². The lowest BCUT2D eigenvalue weighted by Gasteiger charge is -2.05. The van der Waals surface area contributed by atoms with Crippen LogP contribution in [0.15, 0.2) is 60.7 Å². The van der Waals surface area contributed by atoms with Gasteiger partial charge in [-0.15, -0.1) is 0 Å². The van der Waals surface area contributed by atoms with Crippen LogP contribution in [-0.4, -0.2) is 5.78 Å². The number of allylic oxidation sites excluding steroid dienone is 1. The topological polar surface area (TPSA) is 17.1 Å². The highest BCUT2D eigenvalue weighted by molar-refractivity contribution is 6.00. The molecule has 18 heavy (non-hydrogen) atoms. The van der Waals surface area contributed by atoms with Crippen LogP contribution in [0.5, 0.6) is 0 Å². The van der Waals surface area contributed by atoms with E-state index in [0.717, 1.165) is 16.7 Å². The molecule has 0 fully saturated rings. The number of carbonyl (C=O) groups excluding carboxylic acids is 1. The molecule has 0 heterocycles. The van der Waals surface area contributed by atoms with Crippen LogP contribution in [0, 0.1) is 0 Å². The Balaban J connectivity index is 2.24. The number of hydrogen-bond donors (Lipinski definition) is 0. The molecule has 1 heteroatoms. The summed E-state index contributed by atoms with van der Waals surface area (Å²) in [7, 11) is 0. The second-order valence-corrected chi connectivity index (χ2v) is 4.17. The van der Waals surface area contributed by atoms with Crippen molar-refractivity contribution in [1.29, 1.82) is 0 Å². The lowest BCUT2D eigenvalue weighted by atomic mass is 9.98. The second-order valence-electron chi connectivity index (χ2n) is 4.17. The Hall–Kier alpha value is -2.15. The predicted octanol–water partition coefficient (Wildman–Crippen LogP) is 4.15. The van der Waals surface area contributed by atoms with E-state index in [9.17, 15) is 4.79 Å². The maximum Gasteiger partial charge on any atom is 0.167 e. The Labute approximate surface area is 108 Å². The van der Waals surface area contributed by atoms with E-state index in [0.29, 0.717) is 6.42 Å². The van der Waals surface area contributed by atoms with E-state index in [2.05, 4.69) is 0 Å². The van der Waals surface area contributed by atoms with Crippen LogP contribution >= 0.6 is 0 Å². The standard InChI is InChI=1S/C17H16O/c1-2-8-15-11-6-7-12-16(15)17(18)13-14-9-4-3-5-10-14/h2-12H,13H2,1H3/b8-2+. The van der Waals surface area contributed by atoms with Gasteiger partial charge in [0, 0.05) is 12.0 Å². The molecule has 0 unspecified atom stereocenters. The Kier molecular flexibility index (Phi) is 4.08. The molecule has 0 bridgehead atoms. The van der Waals surface area contributed by atoms with Crippen LogP contribution in [0.2, 0.25) is 0 Å². The van der Waals surface area contributed by atoms with Crippen LogP contribution in [0.3, 0.4) is 0 Å². The Morgan fingerprint density at radius 3 is 2.39 bits per heavy atom. The zero-order chi connectivity index (χ0) is 12.8. The van der Waals surface area contributed by atoms with Crippen LogP contribution in [-0.2, 0) is 6.42 Å². The molecule has 0 aliphatic heterocycles. The van der Waals surface area contributed by atoms with Gasteiger partial charge >= 0.3 is 0 Å². The van der Waals surface area contributed by atoms with Crippen molar-refractivity contribution >= 4 is 11.9 Å². The summed E-state index contributed by atoms with van der Waals surface area (Å²) in [6.07, 6.45) is 4.38. The summed E-state index contributed by atoms with van der Waals surface area (Å²) in [5, 5.41) is 0. The molecule has 0 atom stereocenters. The third-order valence-electron chi connectivity index (χ3n) is 2.81. The van der Waals surface area contributed by atoms with Gasteiger partial charge in [0.25, 0.3) is 0 Å². The van der Waals surface area contributed by atoms with Crippen molar-refractivity contribution in [1.82, 2.24) is 0 Å². The van der Waals surface area contributed by atoms with Gasteiger partial charge in [0.2, 0.25) is 0 Å². The minimum absolute atomic E-state index is 0.162. The summed E-state index contributed by atoms with van der Waals surface area (Å²) in [5.74, 6) is 0.162. The second kappa shape index (κ2) is 5.97. The molecular formula is C17H16O. The summed E-state index contributed by atoms with van der Waals surface area (Å²) < 4.78 is 0. The molecule has 90 valence electrons. The van der Waals surface area contributed by atoms with Crippen LogP contribution in [0.4, 0.5) is 0 Å². The molecule has 1 nitrogen and oxygen atoms in total. The van der Waals surface area contributed by atoms with Crippen molar-refractivity contribution in [3.05, 3.63) is 77.4 Å². The summed E-state index contributed by atoms with van der Waals surface area (Å²) in [6.45, 7) is 1.96. The van der Waals surface area contributed by atoms with E-state index < -0.39 is 0 Å². The zero-order valence-electron chi connectivity index (χ0n) is 10.5. The van der Waals surface area contributed by atoms with E-state index in [4.69, 9.17) is 0 Å². The van der Waals surface area contributed by atoms with E-state index >= 15 is 0 Å². The third-order valence-corrected chi connectivity index (χ3v) is 2.81. The van der Waals surface area contributed by atoms with E-state index in [1.54, 1.807) is 0 Å². The summed E-state index contributed by atoms with van der Waals surface area (Å²) >= 11 is 0. The first-order valence-corrected chi connectivity index (χ1v) is 6.10. The fourth-order valence-electron chi connectivity index (χ4n) is 1.95. The molecule has 0 saturated heterocycles. The van der Waals surface area contributed by atoms with Crippen LogP contribution in [0.1, 0.15) is 28.4 Å². The maximum absolute atomic E-state index is 12.3. The Morgan fingerprint density at radius 1 is 1.00 bits per heavy atom. The molecule has 0 amide bonds. The Morgan fingerprint density at radius 2 is 1.67 bits per heavy atom. The average molecular weight is 236 g/mol. The average Bonchev–Trinajstić information content (AvgIpc) is 2.41. The normalized spacial score (nSPS) is 10.7. The van der Waals surface area contributed by atoms with Crippen molar-refractivity contribution in [2.75, 3.05) is 0 Å². The van der Waals surface area contributed by atoms with Crippen molar-refractivity contribution in [2.24, 2.45) is 0 Å². The summed E-state index contributed by atoms with van der Waals surface area (Å²) in [6, 6.07) is 17.6. The molecule has 2 aromatic carbocycles.